The van der Waals surface area contributed by atoms with Crippen LogP contribution in [-0.2, 0) is 0 Å². The third-order valence-corrected chi connectivity index (χ3v) is 11.6. The zero-order chi connectivity index (χ0) is 32.8. The predicted octanol–water partition coefficient (Wildman–Crippen LogP) is 14.4. The van der Waals surface area contributed by atoms with Gasteiger partial charge in [-0.25, -0.2) is 0 Å². The van der Waals surface area contributed by atoms with Crippen LogP contribution in [0, 0.1) is 0 Å². The van der Waals surface area contributed by atoms with Gasteiger partial charge in [-0.15, -0.1) is 11.3 Å². The average molecular weight is 653 g/mol. The molecule has 0 aliphatic carbocycles. The fourth-order valence-corrected chi connectivity index (χ4v) is 9.28. The first kappa shape index (κ1) is 27.7. The number of rotatable bonds is 3. The molecule has 0 aliphatic heterocycles. The molecule has 0 bridgehead atoms. The van der Waals surface area contributed by atoms with Crippen LogP contribution in [0.15, 0.2) is 174 Å². The van der Waals surface area contributed by atoms with E-state index in [1.807, 2.05) is 11.3 Å². The van der Waals surface area contributed by atoms with E-state index in [4.69, 9.17) is 4.42 Å². The first-order chi connectivity index (χ1) is 24.8. The van der Waals surface area contributed by atoms with Crippen molar-refractivity contribution in [3.8, 4) is 33.4 Å². The van der Waals surface area contributed by atoms with E-state index in [0.29, 0.717) is 0 Å². The third kappa shape index (κ3) is 4.06. The molecule has 0 N–H and O–H groups in total. The molecular formula is C48H28OS. The molecule has 11 rings (SSSR count). The lowest BCUT2D eigenvalue weighted by molar-refractivity contribution is 0.670. The van der Waals surface area contributed by atoms with Crippen LogP contribution in [0.25, 0.3) is 108 Å². The largest absolute Gasteiger partial charge is 0.456 e. The Balaban J connectivity index is 1.15. The van der Waals surface area contributed by atoms with E-state index in [2.05, 4.69) is 170 Å². The zero-order valence-corrected chi connectivity index (χ0v) is 27.8. The maximum atomic E-state index is 6.44. The number of thiophene rings is 1. The van der Waals surface area contributed by atoms with Gasteiger partial charge in [-0.1, -0.05) is 140 Å². The highest BCUT2D eigenvalue weighted by atomic mass is 32.1. The number of furan rings is 1. The molecule has 0 spiro atoms. The van der Waals surface area contributed by atoms with E-state index in [1.54, 1.807) is 0 Å². The second kappa shape index (κ2) is 10.6. The summed E-state index contributed by atoms with van der Waals surface area (Å²) in [5.74, 6) is 0. The molecule has 0 saturated heterocycles. The molecule has 2 aromatic heterocycles. The van der Waals surface area contributed by atoms with Gasteiger partial charge in [0.1, 0.15) is 11.2 Å². The van der Waals surface area contributed by atoms with E-state index in [0.717, 1.165) is 11.2 Å². The van der Waals surface area contributed by atoms with E-state index in [1.165, 1.54) is 96.6 Å². The molecule has 0 atom stereocenters. The minimum Gasteiger partial charge on any atom is -0.456 e. The zero-order valence-electron chi connectivity index (χ0n) is 27.0. The molecule has 50 heavy (non-hydrogen) atoms. The van der Waals surface area contributed by atoms with Gasteiger partial charge in [0.25, 0.3) is 0 Å². The Kier molecular flexibility index (Phi) is 5.89. The fourth-order valence-electron chi connectivity index (χ4n) is 8.18. The molecule has 2 heteroatoms. The van der Waals surface area contributed by atoms with Crippen LogP contribution in [0.5, 0.6) is 0 Å². The Morgan fingerprint density at radius 2 is 0.880 bits per heavy atom. The fraction of sp³-hybridized carbons (Fsp3) is 0. The Morgan fingerprint density at radius 1 is 0.320 bits per heavy atom. The van der Waals surface area contributed by atoms with Crippen molar-refractivity contribution in [1.29, 1.82) is 0 Å². The summed E-state index contributed by atoms with van der Waals surface area (Å²) in [5, 5.41) is 12.5. The summed E-state index contributed by atoms with van der Waals surface area (Å²) in [5.41, 5.74) is 9.37. The van der Waals surface area contributed by atoms with Gasteiger partial charge < -0.3 is 4.42 Å². The van der Waals surface area contributed by atoms with E-state index >= 15 is 0 Å². The highest BCUT2D eigenvalue weighted by Crippen LogP contribution is 2.46. The molecule has 0 aliphatic rings. The molecule has 2 heterocycles. The van der Waals surface area contributed by atoms with Crippen molar-refractivity contribution in [1.82, 2.24) is 0 Å². The maximum Gasteiger partial charge on any atom is 0.136 e. The van der Waals surface area contributed by atoms with Gasteiger partial charge in [0.2, 0.25) is 0 Å². The van der Waals surface area contributed by atoms with Crippen molar-refractivity contribution >= 4 is 85.8 Å². The molecule has 11 aromatic rings. The molecule has 0 saturated carbocycles. The summed E-state index contributed by atoms with van der Waals surface area (Å²) >= 11 is 1.84. The maximum absolute atomic E-state index is 6.44. The monoisotopic (exact) mass is 652 g/mol. The topological polar surface area (TPSA) is 13.1 Å². The van der Waals surface area contributed by atoms with Crippen LogP contribution in [-0.4, -0.2) is 0 Å². The predicted molar refractivity (Wildman–Crippen MR) is 215 cm³/mol. The van der Waals surface area contributed by atoms with E-state index in [-0.39, 0.29) is 0 Å². The second-order valence-corrected chi connectivity index (χ2v) is 14.3. The molecule has 0 unspecified atom stereocenters. The molecule has 232 valence electrons. The van der Waals surface area contributed by atoms with Crippen LogP contribution in [0.1, 0.15) is 0 Å². The molecule has 0 fully saturated rings. The number of hydrogen-bond acceptors (Lipinski definition) is 2. The smallest absolute Gasteiger partial charge is 0.136 e. The van der Waals surface area contributed by atoms with Crippen molar-refractivity contribution in [2.75, 3.05) is 0 Å². The van der Waals surface area contributed by atoms with Crippen molar-refractivity contribution in [2.24, 2.45) is 0 Å². The van der Waals surface area contributed by atoms with Crippen molar-refractivity contribution in [3.63, 3.8) is 0 Å². The lowest BCUT2D eigenvalue weighted by Gasteiger charge is -2.18. The number of hydrogen-bond donors (Lipinski definition) is 0. The number of fused-ring (bicyclic) bond motifs is 10. The Hall–Kier alpha value is -6.22. The van der Waals surface area contributed by atoms with Crippen molar-refractivity contribution in [3.05, 3.63) is 170 Å². The summed E-state index contributed by atoms with van der Waals surface area (Å²) in [6.45, 7) is 0. The minimum atomic E-state index is 0.939. The minimum absolute atomic E-state index is 0.939. The van der Waals surface area contributed by atoms with Gasteiger partial charge in [-0.2, -0.15) is 0 Å². The van der Waals surface area contributed by atoms with Crippen LogP contribution in [0.2, 0.25) is 0 Å². The van der Waals surface area contributed by atoms with E-state index in [9.17, 15) is 0 Å². The lowest BCUT2D eigenvalue weighted by atomic mass is 9.85. The second-order valence-electron chi connectivity index (χ2n) is 13.2. The molecule has 1 nitrogen and oxygen atoms in total. The first-order valence-corrected chi connectivity index (χ1v) is 17.9. The molecule has 0 radical (unpaired) electrons. The Morgan fingerprint density at radius 3 is 1.60 bits per heavy atom. The highest BCUT2D eigenvalue weighted by molar-refractivity contribution is 7.25. The van der Waals surface area contributed by atoms with Gasteiger partial charge >= 0.3 is 0 Å². The summed E-state index contributed by atoms with van der Waals surface area (Å²) in [6.07, 6.45) is 0. The SMILES string of the molecule is c1ccc(-c2ccc(-c3c4ccccc4c(-c4ccc5sc6cc7oc8ccc9ccccc9c8c7cc6c5c4)c4ccccc34)cc2)cc1. The summed E-state index contributed by atoms with van der Waals surface area (Å²) < 4.78 is 8.97. The summed E-state index contributed by atoms with van der Waals surface area (Å²) in [4.78, 5) is 0. The van der Waals surface area contributed by atoms with Gasteiger partial charge in [0, 0.05) is 30.9 Å². The normalized spacial score (nSPS) is 12.0. The van der Waals surface area contributed by atoms with Crippen LogP contribution < -0.4 is 0 Å². The van der Waals surface area contributed by atoms with Gasteiger partial charge in [0.15, 0.2) is 0 Å². The third-order valence-electron chi connectivity index (χ3n) is 10.5. The average Bonchev–Trinajstić information content (AvgIpc) is 3.73. The van der Waals surface area contributed by atoms with Crippen molar-refractivity contribution in [2.45, 2.75) is 0 Å². The molecule has 9 aromatic carbocycles. The molecule has 0 amide bonds. The van der Waals surface area contributed by atoms with Gasteiger partial charge in [-0.05, 0) is 96.0 Å². The first-order valence-electron chi connectivity index (χ1n) is 17.1. The van der Waals surface area contributed by atoms with Crippen molar-refractivity contribution < 1.29 is 4.42 Å². The summed E-state index contributed by atoms with van der Waals surface area (Å²) in [6, 6.07) is 62.0. The van der Waals surface area contributed by atoms with Crippen LogP contribution in [0.3, 0.4) is 0 Å². The Bertz CT molecular complexity index is 3070. The highest BCUT2D eigenvalue weighted by Gasteiger charge is 2.19. The Labute approximate surface area is 292 Å². The quantitative estimate of drug-likeness (QED) is 0.173. The lowest BCUT2D eigenvalue weighted by Crippen LogP contribution is -1.91. The standard InChI is InChI=1S/C48H28OS/c1-2-10-29(11-3-1)30-18-20-32(21-19-30)46-35-14-6-8-16-37(35)47(38-17-9-7-15-36(38)46)33-23-25-44-39(26-33)40-27-41-43(28-45(40)50-44)49-42-24-22-31-12-4-5-13-34(31)48(41)42/h1-28H. The van der Waals surface area contributed by atoms with E-state index < -0.39 is 0 Å². The van der Waals surface area contributed by atoms with Gasteiger partial charge in [-0.3, -0.25) is 0 Å². The summed E-state index contributed by atoms with van der Waals surface area (Å²) in [7, 11) is 0. The van der Waals surface area contributed by atoms with Crippen LogP contribution in [0.4, 0.5) is 0 Å². The number of benzene rings is 9. The van der Waals surface area contributed by atoms with Gasteiger partial charge in [0.05, 0.1) is 0 Å². The molecular weight excluding hydrogens is 625 g/mol. The van der Waals surface area contributed by atoms with Crippen LogP contribution >= 0.6 is 11.3 Å².